The molecule has 0 aromatic heterocycles. The van der Waals surface area contributed by atoms with Crippen LogP contribution in [0, 0.1) is 0 Å². The third kappa shape index (κ3) is 2.07. The van der Waals surface area contributed by atoms with E-state index >= 15 is 0 Å². The maximum absolute atomic E-state index is 9.57. The number of rotatable bonds is 4. The molecule has 1 N–H and O–H groups in total. The maximum Gasteiger partial charge on any atom is 0.187 e. The lowest BCUT2D eigenvalue weighted by Crippen LogP contribution is -2.49. The molecule has 0 bridgehead atoms. The second-order valence-corrected chi connectivity index (χ2v) is 4.85. The molecule has 0 amide bonds. The minimum atomic E-state index is -1.12. The molecule has 0 aromatic carbocycles. The molecule has 2 heterocycles. The Hall–Kier alpha value is -0.890. The van der Waals surface area contributed by atoms with Gasteiger partial charge < -0.3 is 24.1 Å². The highest BCUT2D eigenvalue weighted by Crippen LogP contribution is 2.44. The summed E-state index contributed by atoms with van der Waals surface area (Å²) in [4.78, 5) is 2.69. The first-order valence-corrected chi connectivity index (χ1v) is 5.66. The van der Waals surface area contributed by atoms with Crippen molar-refractivity contribution in [1.82, 2.24) is 0 Å². The summed E-state index contributed by atoms with van der Waals surface area (Å²) in [5, 5.41) is 13.1. The molecule has 4 atom stereocenters. The van der Waals surface area contributed by atoms with Crippen molar-refractivity contribution >= 4 is 0 Å². The molecule has 2 aliphatic rings. The van der Waals surface area contributed by atoms with E-state index in [9.17, 15) is 5.11 Å². The van der Waals surface area contributed by atoms with Crippen molar-refractivity contribution in [3.8, 4) is 0 Å². The van der Waals surface area contributed by atoms with Gasteiger partial charge in [0.15, 0.2) is 12.1 Å². The first-order chi connectivity index (χ1) is 8.48. The number of methoxy groups -OCH3 is 1. The summed E-state index contributed by atoms with van der Waals surface area (Å²) in [6, 6.07) is 0. The zero-order chi connectivity index (χ0) is 13.4. The van der Waals surface area contributed by atoms with Crippen LogP contribution >= 0.6 is 0 Å². The van der Waals surface area contributed by atoms with Gasteiger partial charge in [-0.2, -0.15) is 0 Å². The van der Waals surface area contributed by atoms with Crippen molar-refractivity contribution in [3.05, 3.63) is 10.4 Å². The molecule has 8 heteroatoms. The number of aliphatic hydroxyl groups excluding tert-OH is 1. The van der Waals surface area contributed by atoms with E-state index in [1.807, 2.05) is 0 Å². The molecule has 2 fully saturated rings. The maximum atomic E-state index is 9.57. The van der Waals surface area contributed by atoms with Crippen molar-refractivity contribution in [2.24, 2.45) is 5.11 Å². The highest BCUT2D eigenvalue weighted by atomic mass is 16.8. The van der Waals surface area contributed by atoms with Crippen LogP contribution in [-0.2, 0) is 18.9 Å². The Morgan fingerprint density at radius 3 is 2.67 bits per heavy atom. The number of hydrogen-bond donors (Lipinski definition) is 1. The predicted octanol–water partition coefficient (Wildman–Crippen LogP) is 0.551. The topological polar surface area (TPSA) is 106 Å². The van der Waals surface area contributed by atoms with Crippen molar-refractivity contribution in [2.75, 3.05) is 20.3 Å². The lowest BCUT2D eigenvalue weighted by molar-refractivity contribution is -0.253. The molecular formula is C10H17N3O5. The van der Waals surface area contributed by atoms with Gasteiger partial charge in [-0.25, -0.2) is 0 Å². The van der Waals surface area contributed by atoms with Crippen molar-refractivity contribution < 1.29 is 24.1 Å². The van der Waals surface area contributed by atoms with Gasteiger partial charge in [0.05, 0.1) is 13.2 Å². The minimum Gasteiger partial charge on any atom is -0.393 e. The fourth-order valence-corrected chi connectivity index (χ4v) is 2.40. The summed E-state index contributed by atoms with van der Waals surface area (Å²) in [5.41, 5.74) is 7.30. The highest BCUT2D eigenvalue weighted by molar-refractivity contribution is 5.06. The monoisotopic (exact) mass is 259 g/mol. The number of ether oxygens (including phenoxy) is 4. The summed E-state index contributed by atoms with van der Waals surface area (Å²) >= 11 is 0. The summed E-state index contributed by atoms with van der Waals surface area (Å²) in [7, 11) is 1.48. The Morgan fingerprint density at radius 2 is 2.11 bits per heavy atom. The van der Waals surface area contributed by atoms with Crippen molar-refractivity contribution in [3.63, 3.8) is 0 Å². The average molecular weight is 259 g/mol. The Labute approximate surface area is 104 Å². The fourth-order valence-electron chi connectivity index (χ4n) is 2.40. The van der Waals surface area contributed by atoms with Gasteiger partial charge in [0.1, 0.15) is 17.8 Å². The second-order valence-electron chi connectivity index (χ2n) is 4.85. The average Bonchev–Trinajstić information content (AvgIpc) is 2.79. The normalized spacial score (nSPS) is 41.4. The van der Waals surface area contributed by atoms with E-state index in [4.69, 9.17) is 24.5 Å². The number of fused-ring (bicyclic) bond motifs is 1. The van der Waals surface area contributed by atoms with Crippen LogP contribution in [0.4, 0.5) is 0 Å². The van der Waals surface area contributed by atoms with E-state index in [1.54, 1.807) is 13.8 Å². The van der Waals surface area contributed by atoms with Gasteiger partial charge in [-0.3, -0.25) is 0 Å². The number of hydrogen-bond acceptors (Lipinski definition) is 6. The quantitative estimate of drug-likeness (QED) is 0.451. The standard InChI is InChI=1S/C10H17N3O5/c1-9(2)16-6-7(17-9)10(5-14,4-12-13-11)18-8(6)15-3/h6-8,14H,4-5H2,1-3H3/t6-,7+,8-,10+/m1/s1. The van der Waals surface area contributed by atoms with Gasteiger partial charge in [-0.05, 0) is 19.4 Å². The predicted molar refractivity (Wildman–Crippen MR) is 59.5 cm³/mol. The number of aliphatic hydroxyl groups is 1. The molecule has 0 aliphatic carbocycles. The lowest BCUT2D eigenvalue weighted by atomic mass is 9.96. The van der Waals surface area contributed by atoms with E-state index in [0.29, 0.717) is 0 Å². The van der Waals surface area contributed by atoms with Gasteiger partial charge >= 0.3 is 0 Å². The Balaban J connectivity index is 2.28. The van der Waals surface area contributed by atoms with Crippen LogP contribution in [0.5, 0.6) is 0 Å². The summed E-state index contributed by atoms with van der Waals surface area (Å²) in [6.07, 6.45) is -1.64. The Kier molecular flexibility index (Phi) is 3.50. The lowest BCUT2D eigenvalue weighted by Gasteiger charge is -2.31. The Morgan fingerprint density at radius 1 is 1.39 bits per heavy atom. The first kappa shape index (κ1) is 13.5. The van der Waals surface area contributed by atoms with Crippen LogP contribution < -0.4 is 0 Å². The van der Waals surface area contributed by atoms with Crippen LogP contribution in [0.25, 0.3) is 10.4 Å². The third-order valence-electron chi connectivity index (χ3n) is 3.17. The number of azide groups is 1. The van der Waals surface area contributed by atoms with Crippen molar-refractivity contribution in [2.45, 2.75) is 43.7 Å². The van der Waals surface area contributed by atoms with E-state index in [-0.39, 0.29) is 13.2 Å². The van der Waals surface area contributed by atoms with Gasteiger partial charge in [-0.15, -0.1) is 0 Å². The molecule has 0 spiro atoms. The second kappa shape index (κ2) is 4.65. The molecule has 0 unspecified atom stereocenters. The number of nitrogens with zero attached hydrogens (tertiary/aromatic N) is 3. The van der Waals surface area contributed by atoms with E-state index in [1.165, 1.54) is 7.11 Å². The zero-order valence-corrected chi connectivity index (χ0v) is 10.6. The first-order valence-electron chi connectivity index (χ1n) is 5.66. The van der Waals surface area contributed by atoms with Gasteiger partial charge in [0, 0.05) is 12.0 Å². The smallest absolute Gasteiger partial charge is 0.187 e. The van der Waals surface area contributed by atoms with Gasteiger partial charge in [0.25, 0.3) is 0 Å². The molecule has 18 heavy (non-hydrogen) atoms. The molecule has 2 saturated heterocycles. The summed E-state index contributed by atoms with van der Waals surface area (Å²) < 4.78 is 22.2. The van der Waals surface area contributed by atoms with Crippen LogP contribution in [-0.4, -0.2) is 55.3 Å². The van der Waals surface area contributed by atoms with Crippen LogP contribution in [0.2, 0.25) is 0 Å². The zero-order valence-electron chi connectivity index (χ0n) is 10.6. The molecule has 0 saturated carbocycles. The van der Waals surface area contributed by atoms with Gasteiger partial charge in [0.2, 0.25) is 0 Å². The molecule has 2 aliphatic heterocycles. The van der Waals surface area contributed by atoms with Crippen LogP contribution in [0.3, 0.4) is 0 Å². The molecule has 2 rings (SSSR count). The summed E-state index contributed by atoms with van der Waals surface area (Å²) in [6.45, 7) is 3.16. The van der Waals surface area contributed by atoms with E-state index in [0.717, 1.165) is 0 Å². The SMILES string of the molecule is CO[C@@H]1O[C@](CO)(CN=[N+]=[N-])[C@H]2OC(C)(C)O[C@@H]12. The van der Waals surface area contributed by atoms with Gasteiger partial charge in [-0.1, -0.05) is 5.11 Å². The largest absolute Gasteiger partial charge is 0.393 e. The Bertz CT molecular complexity index is 371. The third-order valence-corrected chi connectivity index (χ3v) is 3.17. The molecule has 0 aromatic rings. The van der Waals surface area contributed by atoms with E-state index in [2.05, 4.69) is 10.0 Å². The summed E-state index contributed by atoms with van der Waals surface area (Å²) in [5.74, 6) is -0.785. The van der Waals surface area contributed by atoms with E-state index < -0.39 is 29.9 Å². The van der Waals surface area contributed by atoms with Crippen LogP contribution in [0.15, 0.2) is 5.11 Å². The molecule has 8 nitrogen and oxygen atoms in total. The molecule has 102 valence electrons. The van der Waals surface area contributed by atoms with Crippen molar-refractivity contribution in [1.29, 1.82) is 0 Å². The fraction of sp³-hybridized carbons (Fsp3) is 1.00. The molecule has 0 radical (unpaired) electrons. The minimum absolute atomic E-state index is 0.0412. The molecular weight excluding hydrogens is 242 g/mol. The van der Waals surface area contributed by atoms with Crippen LogP contribution in [0.1, 0.15) is 13.8 Å². The highest BCUT2D eigenvalue weighted by Gasteiger charge is 2.62.